The van der Waals surface area contributed by atoms with Gasteiger partial charge in [-0.2, -0.15) is 0 Å². The highest BCUT2D eigenvalue weighted by Gasteiger charge is 2.30. The first-order valence-corrected chi connectivity index (χ1v) is 6.82. The Kier molecular flexibility index (Phi) is 4.19. The quantitative estimate of drug-likeness (QED) is 0.605. The Labute approximate surface area is 113 Å². The maximum atomic E-state index is 11.0. The summed E-state index contributed by atoms with van der Waals surface area (Å²) in [5, 5.41) is 14.1. The molecule has 1 N–H and O–H groups in total. The largest absolute Gasteiger partial charge is 0.370 e. The van der Waals surface area contributed by atoms with Crippen molar-refractivity contribution in [3.63, 3.8) is 0 Å². The Morgan fingerprint density at radius 3 is 2.74 bits per heavy atom. The van der Waals surface area contributed by atoms with Gasteiger partial charge in [0.05, 0.1) is 17.1 Å². The molecule has 1 aliphatic carbocycles. The molecule has 0 amide bonds. The van der Waals surface area contributed by atoms with Crippen molar-refractivity contribution < 1.29 is 4.92 Å². The summed E-state index contributed by atoms with van der Waals surface area (Å²) in [6.45, 7) is 5.65. The second kappa shape index (κ2) is 5.86. The number of hydrogen-bond donors (Lipinski definition) is 1. The average molecular weight is 264 g/mol. The van der Waals surface area contributed by atoms with E-state index < -0.39 is 0 Å². The molecule has 1 fully saturated rings. The SMILES string of the molecule is CCCN(c1cc([N+](=O)[O-])cc(NCC)n1)C1CC1. The first-order chi connectivity index (χ1) is 9.15. The Balaban J connectivity index is 2.33. The minimum atomic E-state index is -0.358. The second-order valence-corrected chi connectivity index (χ2v) is 4.78. The van der Waals surface area contributed by atoms with Crippen LogP contribution >= 0.6 is 0 Å². The molecule has 6 nitrogen and oxygen atoms in total. The molecule has 1 saturated carbocycles. The van der Waals surface area contributed by atoms with Crippen molar-refractivity contribution in [2.24, 2.45) is 0 Å². The number of hydrogen-bond acceptors (Lipinski definition) is 5. The first kappa shape index (κ1) is 13.6. The molecule has 1 aromatic rings. The third-order valence-electron chi connectivity index (χ3n) is 3.11. The molecule has 19 heavy (non-hydrogen) atoms. The van der Waals surface area contributed by atoms with Gasteiger partial charge in [0.25, 0.3) is 5.69 Å². The normalized spacial score (nSPS) is 14.2. The second-order valence-electron chi connectivity index (χ2n) is 4.78. The molecule has 2 rings (SSSR count). The number of nitrogens with one attached hydrogen (secondary N) is 1. The fourth-order valence-corrected chi connectivity index (χ4v) is 2.14. The summed E-state index contributed by atoms with van der Waals surface area (Å²) in [5.74, 6) is 1.29. The van der Waals surface area contributed by atoms with E-state index in [0.29, 0.717) is 18.4 Å². The van der Waals surface area contributed by atoms with Crippen LogP contribution in [-0.4, -0.2) is 29.0 Å². The number of rotatable bonds is 7. The predicted octanol–water partition coefficient (Wildman–Crippen LogP) is 2.80. The molecule has 104 valence electrons. The third kappa shape index (κ3) is 3.33. The molecule has 0 radical (unpaired) electrons. The molecule has 1 aromatic heterocycles. The standard InChI is InChI=1S/C13H20N4O2/c1-3-7-16(10-5-6-10)13-9-11(17(18)19)8-12(15-13)14-4-2/h8-10H,3-7H2,1-2H3,(H,14,15). The number of nitro groups is 1. The van der Waals surface area contributed by atoms with Gasteiger partial charge in [-0.15, -0.1) is 0 Å². The van der Waals surface area contributed by atoms with Crippen LogP contribution in [0.1, 0.15) is 33.1 Å². The van der Waals surface area contributed by atoms with Crippen LogP contribution in [0, 0.1) is 10.1 Å². The Morgan fingerprint density at radius 2 is 2.21 bits per heavy atom. The lowest BCUT2D eigenvalue weighted by atomic mass is 10.3. The van der Waals surface area contributed by atoms with Gasteiger partial charge in [-0.25, -0.2) is 4.98 Å². The average Bonchev–Trinajstić information content (AvgIpc) is 3.20. The molecule has 0 unspecified atom stereocenters. The van der Waals surface area contributed by atoms with Crippen LogP contribution in [0.25, 0.3) is 0 Å². The van der Waals surface area contributed by atoms with Crippen molar-refractivity contribution in [1.29, 1.82) is 0 Å². The van der Waals surface area contributed by atoms with E-state index in [9.17, 15) is 10.1 Å². The van der Waals surface area contributed by atoms with E-state index in [1.54, 1.807) is 6.07 Å². The molecule has 0 aliphatic heterocycles. The van der Waals surface area contributed by atoms with Gasteiger partial charge >= 0.3 is 0 Å². The highest BCUT2D eigenvalue weighted by molar-refractivity contribution is 5.56. The topological polar surface area (TPSA) is 71.3 Å². The van der Waals surface area contributed by atoms with Crippen LogP contribution in [0.5, 0.6) is 0 Å². The fraction of sp³-hybridized carbons (Fsp3) is 0.615. The Bertz CT molecular complexity index is 460. The van der Waals surface area contributed by atoms with Crippen molar-refractivity contribution >= 4 is 17.3 Å². The van der Waals surface area contributed by atoms with Gasteiger partial charge < -0.3 is 10.2 Å². The van der Waals surface area contributed by atoms with Gasteiger partial charge in [0.15, 0.2) is 0 Å². The lowest BCUT2D eigenvalue weighted by Crippen LogP contribution is -2.27. The number of anilines is 2. The van der Waals surface area contributed by atoms with Gasteiger partial charge in [-0.3, -0.25) is 10.1 Å². The molecular formula is C13H20N4O2. The van der Waals surface area contributed by atoms with E-state index in [1.165, 1.54) is 6.07 Å². The van der Waals surface area contributed by atoms with Crippen LogP contribution in [0.15, 0.2) is 12.1 Å². The van der Waals surface area contributed by atoms with Gasteiger partial charge in [0, 0.05) is 19.1 Å². The van der Waals surface area contributed by atoms with Crippen molar-refractivity contribution in [3.8, 4) is 0 Å². The van der Waals surface area contributed by atoms with E-state index in [-0.39, 0.29) is 10.6 Å². The molecule has 1 aliphatic rings. The zero-order valence-electron chi connectivity index (χ0n) is 11.4. The lowest BCUT2D eigenvalue weighted by molar-refractivity contribution is -0.384. The maximum Gasteiger partial charge on any atom is 0.276 e. The zero-order valence-corrected chi connectivity index (χ0v) is 11.4. The van der Waals surface area contributed by atoms with Gasteiger partial charge in [0.2, 0.25) is 0 Å². The minimum absolute atomic E-state index is 0.0997. The molecule has 0 spiro atoms. The molecule has 0 bridgehead atoms. The summed E-state index contributed by atoms with van der Waals surface area (Å²) in [4.78, 5) is 17.3. The van der Waals surface area contributed by atoms with Crippen LogP contribution in [-0.2, 0) is 0 Å². The number of aromatic nitrogens is 1. The van der Waals surface area contributed by atoms with Crippen LogP contribution < -0.4 is 10.2 Å². The van der Waals surface area contributed by atoms with Crippen molar-refractivity contribution in [2.45, 2.75) is 39.2 Å². The highest BCUT2D eigenvalue weighted by atomic mass is 16.6. The summed E-state index contributed by atoms with van der Waals surface area (Å²) in [6.07, 6.45) is 3.32. The fourth-order valence-electron chi connectivity index (χ4n) is 2.14. The van der Waals surface area contributed by atoms with Crippen LogP contribution in [0.4, 0.5) is 17.3 Å². The van der Waals surface area contributed by atoms with Gasteiger partial charge in [-0.05, 0) is 26.2 Å². The maximum absolute atomic E-state index is 11.0. The molecule has 1 heterocycles. The minimum Gasteiger partial charge on any atom is -0.370 e. The summed E-state index contributed by atoms with van der Waals surface area (Å²) in [6, 6.07) is 3.57. The summed E-state index contributed by atoms with van der Waals surface area (Å²) >= 11 is 0. The van der Waals surface area contributed by atoms with E-state index in [4.69, 9.17) is 0 Å². The Morgan fingerprint density at radius 1 is 1.47 bits per heavy atom. The summed E-state index contributed by atoms with van der Waals surface area (Å²) < 4.78 is 0. The molecule has 0 saturated heterocycles. The smallest absolute Gasteiger partial charge is 0.276 e. The van der Waals surface area contributed by atoms with E-state index >= 15 is 0 Å². The summed E-state index contributed by atoms with van der Waals surface area (Å²) in [7, 11) is 0. The molecular weight excluding hydrogens is 244 g/mol. The van der Waals surface area contributed by atoms with Crippen molar-refractivity contribution in [1.82, 2.24) is 4.98 Å². The van der Waals surface area contributed by atoms with E-state index in [2.05, 4.69) is 22.1 Å². The van der Waals surface area contributed by atoms with Crippen molar-refractivity contribution in [3.05, 3.63) is 22.2 Å². The summed E-state index contributed by atoms with van der Waals surface area (Å²) in [5.41, 5.74) is 0.0997. The molecule has 0 aromatic carbocycles. The van der Waals surface area contributed by atoms with Gasteiger partial charge in [-0.1, -0.05) is 6.92 Å². The van der Waals surface area contributed by atoms with Crippen molar-refractivity contribution in [2.75, 3.05) is 23.3 Å². The van der Waals surface area contributed by atoms with Crippen LogP contribution in [0.2, 0.25) is 0 Å². The zero-order chi connectivity index (χ0) is 13.8. The monoisotopic (exact) mass is 264 g/mol. The molecule has 0 atom stereocenters. The van der Waals surface area contributed by atoms with Gasteiger partial charge in [0.1, 0.15) is 11.6 Å². The lowest BCUT2D eigenvalue weighted by Gasteiger charge is -2.23. The van der Waals surface area contributed by atoms with E-state index in [1.807, 2.05) is 6.92 Å². The molecule has 6 heteroatoms. The number of nitrogens with zero attached hydrogens (tertiary/aromatic N) is 3. The predicted molar refractivity (Wildman–Crippen MR) is 75.7 cm³/mol. The van der Waals surface area contributed by atoms with Crippen LogP contribution in [0.3, 0.4) is 0 Å². The Hall–Kier alpha value is -1.85. The van der Waals surface area contributed by atoms with E-state index in [0.717, 1.165) is 31.6 Å². The number of pyridine rings is 1. The third-order valence-corrected chi connectivity index (χ3v) is 3.11. The first-order valence-electron chi connectivity index (χ1n) is 6.82. The highest BCUT2D eigenvalue weighted by Crippen LogP contribution is 2.33.